The Morgan fingerprint density at radius 1 is 1.04 bits per heavy atom. The molecule has 1 aliphatic carbocycles. The van der Waals surface area contributed by atoms with E-state index in [0.29, 0.717) is 12.1 Å². The van der Waals surface area contributed by atoms with Crippen LogP contribution in [0.25, 0.3) is 11.3 Å². The number of fused-ring (bicyclic) bond motifs is 1. The lowest BCUT2D eigenvalue weighted by atomic mass is 9.92. The van der Waals surface area contributed by atoms with Gasteiger partial charge in [0.05, 0.1) is 17.3 Å². The molecule has 4 rings (SSSR count). The van der Waals surface area contributed by atoms with E-state index in [2.05, 4.69) is 19.1 Å². The minimum atomic E-state index is 0.0865. The fourth-order valence-corrected chi connectivity index (χ4v) is 3.58. The summed E-state index contributed by atoms with van der Waals surface area (Å²) in [4.78, 5) is 12.6. The zero-order valence-corrected chi connectivity index (χ0v) is 14.3. The number of Topliss-reactive ketones (excluding diaryl/α,β-unsaturated/α-hetero) is 1. The van der Waals surface area contributed by atoms with E-state index in [4.69, 9.17) is 10.8 Å². The van der Waals surface area contributed by atoms with E-state index in [0.717, 1.165) is 35.4 Å². The predicted molar refractivity (Wildman–Crippen MR) is 99.6 cm³/mol. The molecule has 1 heterocycles. The van der Waals surface area contributed by atoms with Gasteiger partial charge in [0, 0.05) is 17.7 Å². The molecule has 0 aliphatic heterocycles. The average molecular weight is 331 g/mol. The van der Waals surface area contributed by atoms with Gasteiger partial charge in [-0.05, 0) is 37.5 Å². The SMILES string of the molecule is CC(c1ccccc1)n1nc(-c2ccc(N)cc2)c2c1CCCC2=O. The standard InChI is InChI=1S/C21H21N3O/c1-14(15-6-3-2-4-7-15)24-18-8-5-9-19(25)20(18)21(23-24)16-10-12-17(22)13-11-16/h2-4,6-7,10-14H,5,8-9,22H2,1H3. The van der Waals surface area contributed by atoms with E-state index in [9.17, 15) is 4.79 Å². The Bertz CT molecular complexity index is 910. The molecule has 0 fully saturated rings. The lowest BCUT2D eigenvalue weighted by Gasteiger charge is -2.18. The van der Waals surface area contributed by atoms with Crippen molar-refractivity contribution in [1.82, 2.24) is 9.78 Å². The van der Waals surface area contributed by atoms with Crippen LogP contribution in [0.3, 0.4) is 0 Å². The first-order valence-corrected chi connectivity index (χ1v) is 8.70. The minimum Gasteiger partial charge on any atom is -0.399 e. The summed E-state index contributed by atoms with van der Waals surface area (Å²) in [5, 5.41) is 4.87. The Kier molecular flexibility index (Phi) is 3.88. The van der Waals surface area contributed by atoms with Gasteiger partial charge in [0.2, 0.25) is 0 Å². The largest absolute Gasteiger partial charge is 0.399 e. The van der Waals surface area contributed by atoms with Gasteiger partial charge in [-0.1, -0.05) is 42.5 Å². The summed E-state index contributed by atoms with van der Waals surface area (Å²) in [6, 6.07) is 18.0. The van der Waals surface area contributed by atoms with Crippen LogP contribution < -0.4 is 5.73 Å². The number of anilines is 1. The van der Waals surface area contributed by atoms with Gasteiger partial charge in [0.15, 0.2) is 5.78 Å². The van der Waals surface area contributed by atoms with Gasteiger partial charge in [-0.25, -0.2) is 0 Å². The van der Waals surface area contributed by atoms with Crippen LogP contribution in [0.15, 0.2) is 54.6 Å². The smallest absolute Gasteiger partial charge is 0.166 e. The van der Waals surface area contributed by atoms with Crippen LogP contribution in [0, 0.1) is 0 Å². The highest BCUT2D eigenvalue weighted by Crippen LogP contribution is 2.34. The molecule has 0 saturated heterocycles. The molecule has 1 aliphatic rings. The number of hydrogen-bond acceptors (Lipinski definition) is 3. The Labute approximate surface area is 147 Å². The number of rotatable bonds is 3. The average Bonchev–Trinajstić information content (AvgIpc) is 3.03. The molecule has 1 unspecified atom stereocenters. The number of nitrogens with two attached hydrogens (primary N) is 1. The Morgan fingerprint density at radius 2 is 1.76 bits per heavy atom. The summed E-state index contributed by atoms with van der Waals surface area (Å²) in [5.74, 6) is 0.194. The maximum Gasteiger partial charge on any atom is 0.166 e. The van der Waals surface area contributed by atoms with E-state index in [-0.39, 0.29) is 11.8 Å². The van der Waals surface area contributed by atoms with Crippen molar-refractivity contribution in [2.75, 3.05) is 5.73 Å². The van der Waals surface area contributed by atoms with Crippen molar-refractivity contribution in [3.05, 3.63) is 71.4 Å². The number of benzene rings is 2. The molecule has 2 aromatic carbocycles. The molecule has 0 spiro atoms. The van der Waals surface area contributed by atoms with Crippen LogP contribution in [0.4, 0.5) is 5.69 Å². The van der Waals surface area contributed by atoms with Gasteiger partial charge in [-0.2, -0.15) is 5.10 Å². The summed E-state index contributed by atoms with van der Waals surface area (Å²) in [5.41, 5.74) is 11.3. The third-order valence-corrected chi connectivity index (χ3v) is 4.94. The molecule has 25 heavy (non-hydrogen) atoms. The fraction of sp³-hybridized carbons (Fsp3) is 0.238. The normalized spacial score (nSPS) is 15.0. The molecule has 1 atom stereocenters. The topological polar surface area (TPSA) is 60.9 Å². The van der Waals surface area contributed by atoms with E-state index in [1.807, 2.05) is 47.1 Å². The van der Waals surface area contributed by atoms with Gasteiger partial charge in [-0.15, -0.1) is 0 Å². The highest BCUT2D eigenvalue weighted by atomic mass is 16.1. The monoisotopic (exact) mass is 331 g/mol. The summed E-state index contributed by atoms with van der Waals surface area (Å²) in [7, 11) is 0. The molecule has 3 aromatic rings. The summed E-state index contributed by atoms with van der Waals surface area (Å²) < 4.78 is 2.04. The second kappa shape index (κ2) is 6.20. The maximum absolute atomic E-state index is 12.6. The maximum atomic E-state index is 12.6. The van der Waals surface area contributed by atoms with Gasteiger partial charge in [0.25, 0.3) is 0 Å². The Balaban J connectivity index is 1.87. The molecular weight excluding hydrogens is 310 g/mol. The number of aromatic nitrogens is 2. The molecule has 4 nitrogen and oxygen atoms in total. The second-order valence-electron chi connectivity index (χ2n) is 6.60. The molecule has 0 bridgehead atoms. The molecule has 2 N–H and O–H groups in total. The highest BCUT2D eigenvalue weighted by molar-refractivity contribution is 6.03. The van der Waals surface area contributed by atoms with Crippen molar-refractivity contribution in [3.8, 4) is 11.3 Å². The van der Waals surface area contributed by atoms with Crippen molar-refractivity contribution in [2.24, 2.45) is 0 Å². The molecular formula is C21H21N3O. The van der Waals surface area contributed by atoms with Crippen LogP contribution in [-0.4, -0.2) is 15.6 Å². The number of carbonyl (C=O) groups excluding carboxylic acids is 1. The van der Waals surface area contributed by atoms with Crippen LogP contribution in [-0.2, 0) is 6.42 Å². The highest BCUT2D eigenvalue weighted by Gasteiger charge is 2.29. The van der Waals surface area contributed by atoms with E-state index in [1.165, 1.54) is 5.56 Å². The summed E-state index contributed by atoms with van der Waals surface area (Å²) >= 11 is 0. The van der Waals surface area contributed by atoms with Crippen molar-refractivity contribution in [2.45, 2.75) is 32.2 Å². The number of carbonyl (C=O) groups is 1. The second-order valence-corrected chi connectivity index (χ2v) is 6.60. The predicted octanol–water partition coefficient (Wildman–Crippen LogP) is 4.26. The first-order valence-electron chi connectivity index (χ1n) is 8.70. The van der Waals surface area contributed by atoms with E-state index >= 15 is 0 Å². The van der Waals surface area contributed by atoms with Crippen LogP contribution in [0.1, 0.15) is 47.4 Å². The lowest BCUT2D eigenvalue weighted by Crippen LogP contribution is -2.17. The number of nitrogens with zero attached hydrogens (tertiary/aromatic N) is 2. The van der Waals surface area contributed by atoms with Gasteiger partial charge < -0.3 is 5.73 Å². The van der Waals surface area contributed by atoms with Crippen molar-refractivity contribution < 1.29 is 4.79 Å². The van der Waals surface area contributed by atoms with Crippen molar-refractivity contribution >= 4 is 11.5 Å². The molecule has 1 aromatic heterocycles. The first-order chi connectivity index (χ1) is 12.1. The molecule has 126 valence electrons. The third kappa shape index (κ3) is 2.74. The fourth-order valence-electron chi connectivity index (χ4n) is 3.58. The first kappa shape index (κ1) is 15.6. The van der Waals surface area contributed by atoms with E-state index in [1.54, 1.807) is 0 Å². The lowest BCUT2D eigenvalue weighted by molar-refractivity contribution is 0.0972. The van der Waals surface area contributed by atoms with Crippen LogP contribution >= 0.6 is 0 Å². The zero-order valence-electron chi connectivity index (χ0n) is 14.3. The molecule has 0 saturated carbocycles. The van der Waals surface area contributed by atoms with Crippen LogP contribution in [0.5, 0.6) is 0 Å². The van der Waals surface area contributed by atoms with Crippen molar-refractivity contribution in [3.63, 3.8) is 0 Å². The zero-order chi connectivity index (χ0) is 17.4. The summed E-state index contributed by atoms with van der Waals surface area (Å²) in [6.07, 6.45) is 2.38. The quantitative estimate of drug-likeness (QED) is 0.729. The number of nitrogen functional groups attached to an aromatic ring is 1. The van der Waals surface area contributed by atoms with Crippen LogP contribution in [0.2, 0.25) is 0 Å². The third-order valence-electron chi connectivity index (χ3n) is 4.94. The van der Waals surface area contributed by atoms with Gasteiger partial charge in [0.1, 0.15) is 5.69 Å². The Morgan fingerprint density at radius 3 is 2.48 bits per heavy atom. The number of ketones is 1. The summed E-state index contributed by atoms with van der Waals surface area (Å²) in [6.45, 7) is 2.13. The Hall–Kier alpha value is -2.88. The number of hydrogen-bond donors (Lipinski definition) is 1. The van der Waals surface area contributed by atoms with Gasteiger partial charge in [-0.3, -0.25) is 9.48 Å². The molecule has 0 amide bonds. The molecule has 4 heteroatoms. The molecule has 0 radical (unpaired) electrons. The van der Waals surface area contributed by atoms with Gasteiger partial charge >= 0.3 is 0 Å². The minimum absolute atomic E-state index is 0.0865. The van der Waals surface area contributed by atoms with E-state index < -0.39 is 0 Å². The van der Waals surface area contributed by atoms with Crippen molar-refractivity contribution in [1.29, 1.82) is 0 Å².